The van der Waals surface area contributed by atoms with Crippen molar-refractivity contribution in [3.8, 4) is 10.8 Å². The molecule has 0 aromatic carbocycles. The minimum Gasteiger partial charge on any atom is -0.338 e. The predicted molar refractivity (Wildman–Crippen MR) is 107 cm³/mol. The van der Waals surface area contributed by atoms with Crippen LogP contribution in [0.4, 0.5) is 0 Å². The van der Waals surface area contributed by atoms with Crippen molar-refractivity contribution in [1.29, 1.82) is 0 Å². The van der Waals surface area contributed by atoms with E-state index in [1.54, 1.807) is 0 Å². The summed E-state index contributed by atoms with van der Waals surface area (Å²) in [6, 6.07) is 2.46. The van der Waals surface area contributed by atoms with Gasteiger partial charge in [0.15, 0.2) is 10.8 Å². The van der Waals surface area contributed by atoms with Gasteiger partial charge in [0.2, 0.25) is 0 Å². The van der Waals surface area contributed by atoms with Crippen molar-refractivity contribution in [3.05, 3.63) is 34.4 Å². The van der Waals surface area contributed by atoms with E-state index in [1.165, 1.54) is 23.4 Å². The normalized spacial score (nSPS) is 15.5. The molecule has 1 aliphatic heterocycles. The van der Waals surface area contributed by atoms with Crippen molar-refractivity contribution >= 4 is 17.2 Å². The zero-order valence-corrected chi connectivity index (χ0v) is 17.5. The average molecular weight is 400 g/mol. The Balaban J connectivity index is 1.52. The number of hydrogen-bond acceptors (Lipinski definition) is 6. The Morgan fingerprint density at radius 3 is 2.61 bits per heavy atom. The number of carbonyl (C=O) groups is 1. The molecule has 0 aliphatic carbocycles. The number of likely N-dealkylation sites (tertiary alicyclic amines) is 1. The molecule has 1 saturated heterocycles. The maximum absolute atomic E-state index is 13.2. The third-order valence-corrected chi connectivity index (χ3v) is 6.22. The summed E-state index contributed by atoms with van der Waals surface area (Å²) in [5.41, 5.74) is 3.06. The van der Waals surface area contributed by atoms with Crippen molar-refractivity contribution in [2.45, 2.75) is 52.5 Å². The highest BCUT2D eigenvalue weighted by atomic mass is 32.1. The number of amides is 1. The van der Waals surface area contributed by atoms with Gasteiger partial charge >= 0.3 is 0 Å². The molecule has 9 heteroatoms. The summed E-state index contributed by atoms with van der Waals surface area (Å²) in [4.78, 5) is 24.8. The lowest BCUT2D eigenvalue weighted by Gasteiger charge is -2.32. The Kier molecular flexibility index (Phi) is 5.01. The first-order valence-corrected chi connectivity index (χ1v) is 10.4. The van der Waals surface area contributed by atoms with Crippen LogP contribution in [-0.4, -0.2) is 53.8 Å². The number of rotatable bonds is 4. The first-order chi connectivity index (χ1) is 13.4. The van der Waals surface area contributed by atoms with Crippen LogP contribution in [0.3, 0.4) is 0 Å². The number of H-pyrrole nitrogens is 1. The topological polar surface area (TPSA) is 92.6 Å². The molecule has 3 aromatic rings. The highest BCUT2D eigenvalue weighted by Crippen LogP contribution is 2.32. The van der Waals surface area contributed by atoms with Gasteiger partial charge in [-0.15, -0.1) is 11.3 Å². The van der Waals surface area contributed by atoms with Crippen LogP contribution in [0.25, 0.3) is 10.8 Å². The Hall–Kier alpha value is -2.55. The van der Waals surface area contributed by atoms with Gasteiger partial charge in [0.05, 0.1) is 17.4 Å². The Morgan fingerprint density at radius 1 is 1.29 bits per heavy atom. The Morgan fingerprint density at radius 2 is 2.04 bits per heavy atom. The molecule has 3 aromatic heterocycles. The summed E-state index contributed by atoms with van der Waals surface area (Å²) in [6.45, 7) is 9.69. The molecule has 148 valence electrons. The van der Waals surface area contributed by atoms with Gasteiger partial charge in [-0.05, 0) is 38.7 Å². The van der Waals surface area contributed by atoms with Crippen LogP contribution in [0.15, 0.2) is 12.4 Å². The second-order valence-corrected chi connectivity index (χ2v) is 8.62. The molecule has 1 fully saturated rings. The monoisotopic (exact) mass is 399 g/mol. The predicted octanol–water partition coefficient (Wildman–Crippen LogP) is 3.34. The van der Waals surface area contributed by atoms with Gasteiger partial charge in [-0.2, -0.15) is 10.2 Å². The molecule has 1 aliphatic rings. The molecule has 1 N–H and O–H groups in total. The maximum Gasteiger partial charge on any atom is 0.265 e. The summed E-state index contributed by atoms with van der Waals surface area (Å²) in [5, 5.41) is 12.1. The van der Waals surface area contributed by atoms with Crippen LogP contribution in [0, 0.1) is 13.8 Å². The zero-order chi connectivity index (χ0) is 19.8. The molecule has 4 heterocycles. The maximum atomic E-state index is 13.2. The summed E-state index contributed by atoms with van der Waals surface area (Å²) in [6.07, 6.45) is 3.29. The van der Waals surface area contributed by atoms with Crippen molar-refractivity contribution in [3.63, 3.8) is 0 Å². The minimum absolute atomic E-state index is 0.0683. The number of hydrogen-bond donors (Lipinski definition) is 1. The van der Waals surface area contributed by atoms with Gasteiger partial charge < -0.3 is 4.90 Å². The number of nitrogens with one attached hydrogen (secondary N) is 1. The fourth-order valence-corrected chi connectivity index (χ4v) is 4.89. The third kappa shape index (κ3) is 3.46. The quantitative estimate of drug-likeness (QED) is 0.726. The van der Waals surface area contributed by atoms with E-state index in [4.69, 9.17) is 0 Å². The largest absolute Gasteiger partial charge is 0.338 e. The molecule has 0 radical (unpaired) electrons. The summed E-state index contributed by atoms with van der Waals surface area (Å²) < 4.78 is 2.12. The molecule has 28 heavy (non-hydrogen) atoms. The molecule has 8 nitrogen and oxygen atoms in total. The molecular formula is C19H25N7OS. The van der Waals surface area contributed by atoms with E-state index in [0.717, 1.165) is 37.3 Å². The molecule has 0 spiro atoms. The van der Waals surface area contributed by atoms with Gasteiger partial charge in [-0.25, -0.2) is 9.97 Å². The average Bonchev–Trinajstić information content (AvgIpc) is 3.40. The molecule has 0 atom stereocenters. The van der Waals surface area contributed by atoms with Crippen LogP contribution in [0.5, 0.6) is 0 Å². The van der Waals surface area contributed by atoms with E-state index in [2.05, 4.69) is 56.8 Å². The highest BCUT2D eigenvalue weighted by molar-refractivity contribution is 7.17. The first-order valence-electron chi connectivity index (χ1n) is 9.62. The first kappa shape index (κ1) is 18.8. The van der Waals surface area contributed by atoms with Gasteiger partial charge in [0, 0.05) is 18.8 Å². The molecule has 1 amide bonds. The highest BCUT2D eigenvalue weighted by Gasteiger charge is 2.30. The van der Waals surface area contributed by atoms with Gasteiger partial charge in [0.1, 0.15) is 11.2 Å². The summed E-state index contributed by atoms with van der Waals surface area (Å²) in [5.74, 6) is 0.840. The fraction of sp³-hybridized carbons (Fsp3) is 0.526. The number of aryl methyl sites for hydroxylation is 2. The van der Waals surface area contributed by atoms with E-state index < -0.39 is 0 Å². The van der Waals surface area contributed by atoms with Crippen molar-refractivity contribution in [1.82, 2.24) is 34.8 Å². The van der Waals surface area contributed by atoms with Crippen molar-refractivity contribution in [2.24, 2.45) is 0 Å². The van der Waals surface area contributed by atoms with Gasteiger partial charge in [0.25, 0.3) is 5.91 Å². The number of carbonyl (C=O) groups excluding carboxylic acids is 1. The second-order valence-electron chi connectivity index (χ2n) is 7.62. The Bertz CT molecular complexity index is 965. The number of nitrogens with zero attached hydrogens (tertiary/aromatic N) is 6. The van der Waals surface area contributed by atoms with Crippen LogP contribution in [0.2, 0.25) is 0 Å². The summed E-state index contributed by atoms with van der Waals surface area (Å²) >= 11 is 1.40. The van der Waals surface area contributed by atoms with E-state index in [1.807, 2.05) is 11.8 Å². The minimum atomic E-state index is 0.0683. The van der Waals surface area contributed by atoms with Crippen LogP contribution < -0.4 is 0 Å². The smallest absolute Gasteiger partial charge is 0.265 e. The van der Waals surface area contributed by atoms with E-state index in [0.29, 0.717) is 21.8 Å². The molecule has 4 rings (SSSR count). The molecule has 0 unspecified atom stereocenters. The standard InChI is InChI=1S/C19H25N7OS/c1-11(2)15-16(28-18(22-15)17-20-10-21-23-17)19(27)25-7-5-14(6-8-25)26-13(4)9-12(3)24-26/h9-11,14H,5-8H2,1-4H3,(H,20,21,23). The molecular weight excluding hydrogens is 374 g/mol. The van der Waals surface area contributed by atoms with Crippen LogP contribution in [-0.2, 0) is 0 Å². The SMILES string of the molecule is Cc1cc(C)n(C2CCN(C(=O)c3sc(-c4ncn[nH]4)nc3C(C)C)CC2)n1. The van der Waals surface area contributed by atoms with Crippen molar-refractivity contribution in [2.75, 3.05) is 13.1 Å². The number of aromatic amines is 1. The summed E-state index contributed by atoms with van der Waals surface area (Å²) in [7, 11) is 0. The van der Waals surface area contributed by atoms with Crippen LogP contribution >= 0.6 is 11.3 Å². The van der Waals surface area contributed by atoms with Gasteiger partial charge in [-0.3, -0.25) is 14.6 Å². The third-order valence-electron chi connectivity index (χ3n) is 5.15. The fourth-order valence-electron chi connectivity index (χ4n) is 3.76. The number of piperidine rings is 1. The number of aromatic nitrogens is 6. The zero-order valence-electron chi connectivity index (χ0n) is 16.6. The second kappa shape index (κ2) is 7.46. The lowest BCUT2D eigenvalue weighted by Crippen LogP contribution is -2.39. The van der Waals surface area contributed by atoms with Crippen LogP contribution in [0.1, 0.15) is 65.4 Å². The Labute approximate surface area is 168 Å². The lowest BCUT2D eigenvalue weighted by molar-refractivity contribution is 0.0692. The van der Waals surface area contributed by atoms with E-state index in [-0.39, 0.29) is 11.8 Å². The number of thiazole rings is 1. The van der Waals surface area contributed by atoms with E-state index >= 15 is 0 Å². The van der Waals surface area contributed by atoms with E-state index in [9.17, 15) is 4.79 Å². The lowest BCUT2D eigenvalue weighted by atomic mass is 10.0. The van der Waals surface area contributed by atoms with Gasteiger partial charge in [-0.1, -0.05) is 13.8 Å². The molecule has 0 saturated carbocycles. The molecule has 0 bridgehead atoms. The van der Waals surface area contributed by atoms with Crippen molar-refractivity contribution < 1.29 is 4.79 Å².